The smallest absolute Gasteiger partial charge is 0.337 e. The zero-order valence-corrected chi connectivity index (χ0v) is 22.5. The van der Waals surface area contributed by atoms with E-state index in [4.69, 9.17) is 4.74 Å². The van der Waals surface area contributed by atoms with E-state index in [0.717, 1.165) is 16.8 Å². The summed E-state index contributed by atoms with van der Waals surface area (Å²) in [5.74, 6) is -1.14. The number of nitrogens with zero attached hydrogens (tertiary/aromatic N) is 2. The van der Waals surface area contributed by atoms with Crippen molar-refractivity contribution in [2.24, 2.45) is 0 Å². The number of anilines is 3. The molecular formula is C32H30F2N4O3. The van der Waals surface area contributed by atoms with Crippen molar-refractivity contribution in [3.8, 4) is 0 Å². The van der Waals surface area contributed by atoms with Crippen LogP contribution in [0, 0.1) is 11.6 Å². The molecule has 1 aliphatic heterocycles. The van der Waals surface area contributed by atoms with Gasteiger partial charge in [0.2, 0.25) is 0 Å². The minimum Gasteiger partial charge on any atom is -0.465 e. The first-order chi connectivity index (χ1) is 19.9. The lowest BCUT2D eigenvalue weighted by atomic mass is 9.96. The number of benzene rings is 4. The van der Waals surface area contributed by atoms with E-state index < -0.39 is 12.0 Å². The number of carbonyl (C=O) groups is 2. The maximum absolute atomic E-state index is 13.7. The van der Waals surface area contributed by atoms with Crippen molar-refractivity contribution in [2.45, 2.75) is 6.04 Å². The third-order valence-electron chi connectivity index (χ3n) is 7.09. The quantitative estimate of drug-likeness (QED) is 0.261. The fraction of sp³-hybridized carbons (Fsp3) is 0.188. The molecule has 1 aliphatic rings. The molecule has 1 fully saturated rings. The number of rotatable bonds is 7. The Kier molecular flexibility index (Phi) is 8.55. The molecule has 1 saturated heterocycles. The lowest BCUT2D eigenvalue weighted by molar-refractivity contribution is 0.0600. The Morgan fingerprint density at radius 1 is 0.756 bits per heavy atom. The van der Waals surface area contributed by atoms with Crippen molar-refractivity contribution in [3.05, 3.63) is 125 Å². The van der Waals surface area contributed by atoms with Crippen LogP contribution in [-0.2, 0) is 4.74 Å². The molecule has 0 unspecified atom stereocenters. The van der Waals surface area contributed by atoms with E-state index in [9.17, 15) is 18.4 Å². The number of para-hydroxylation sites is 1. The summed E-state index contributed by atoms with van der Waals surface area (Å²) in [7, 11) is 1.31. The fourth-order valence-corrected chi connectivity index (χ4v) is 5.09. The second kappa shape index (κ2) is 12.6. The van der Waals surface area contributed by atoms with Gasteiger partial charge >= 0.3 is 12.0 Å². The van der Waals surface area contributed by atoms with Crippen molar-refractivity contribution < 1.29 is 23.1 Å². The molecule has 0 atom stereocenters. The van der Waals surface area contributed by atoms with E-state index in [0.29, 0.717) is 43.1 Å². The second-order valence-electron chi connectivity index (χ2n) is 9.70. The van der Waals surface area contributed by atoms with Crippen LogP contribution in [0.25, 0.3) is 0 Å². The first-order valence-electron chi connectivity index (χ1n) is 13.3. The van der Waals surface area contributed by atoms with Gasteiger partial charge in [0.05, 0.1) is 30.1 Å². The van der Waals surface area contributed by atoms with Gasteiger partial charge in [0.25, 0.3) is 0 Å². The summed E-state index contributed by atoms with van der Waals surface area (Å²) >= 11 is 0. The van der Waals surface area contributed by atoms with E-state index in [1.54, 1.807) is 54.6 Å². The van der Waals surface area contributed by atoms with Crippen LogP contribution < -0.4 is 15.5 Å². The molecule has 0 spiro atoms. The number of nitrogens with one attached hydrogen (secondary N) is 2. The molecule has 2 N–H and O–H groups in total. The van der Waals surface area contributed by atoms with Gasteiger partial charge in [-0.25, -0.2) is 18.4 Å². The molecule has 4 aromatic carbocycles. The van der Waals surface area contributed by atoms with E-state index in [2.05, 4.69) is 20.4 Å². The predicted octanol–water partition coefficient (Wildman–Crippen LogP) is 6.31. The number of piperazine rings is 1. The Morgan fingerprint density at radius 3 is 1.90 bits per heavy atom. The van der Waals surface area contributed by atoms with Gasteiger partial charge in [-0.2, -0.15) is 0 Å². The van der Waals surface area contributed by atoms with Crippen LogP contribution in [-0.4, -0.2) is 50.2 Å². The summed E-state index contributed by atoms with van der Waals surface area (Å²) in [6.07, 6.45) is 0. The molecule has 1 heterocycles. The largest absolute Gasteiger partial charge is 0.465 e. The average Bonchev–Trinajstić information content (AvgIpc) is 2.99. The van der Waals surface area contributed by atoms with Gasteiger partial charge in [0.1, 0.15) is 11.6 Å². The average molecular weight is 557 g/mol. The van der Waals surface area contributed by atoms with Gasteiger partial charge in [-0.05, 0) is 65.7 Å². The van der Waals surface area contributed by atoms with Crippen molar-refractivity contribution in [2.75, 3.05) is 48.8 Å². The third kappa shape index (κ3) is 6.70. The number of ether oxygens (including phenoxy) is 1. The molecule has 0 saturated carbocycles. The van der Waals surface area contributed by atoms with Gasteiger partial charge in [-0.1, -0.05) is 42.5 Å². The molecular weight excluding hydrogens is 526 g/mol. The van der Waals surface area contributed by atoms with Crippen molar-refractivity contribution >= 4 is 29.1 Å². The van der Waals surface area contributed by atoms with Crippen molar-refractivity contribution in [3.63, 3.8) is 0 Å². The normalized spacial score (nSPS) is 13.6. The van der Waals surface area contributed by atoms with Gasteiger partial charge in [0.15, 0.2) is 0 Å². The molecule has 7 nitrogen and oxygen atoms in total. The monoisotopic (exact) mass is 556 g/mol. The van der Waals surface area contributed by atoms with Gasteiger partial charge in [-0.15, -0.1) is 0 Å². The SMILES string of the molecule is COC(=O)c1ccc(N2CCN(C(c3ccc(F)cc3)c3ccc(F)cc3)CC2)c(NC(=O)Nc2ccccc2)c1. The maximum Gasteiger partial charge on any atom is 0.337 e. The molecule has 0 aromatic heterocycles. The Hall–Kier alpha value is -4.76. The highest BCUT2D eigenvalue weighted by Crippen LogP contribution is 2.33. The Morgan fingerprint density at radius 2 is 1.34 bits per heavy atom. The Labute approximate surface area is 237 Å². The Bertz CT molecular complexity index is 1440. The molecule has 210 valence electrons. The van der Waals surface area contributed by atoms with Crippen LogP contribution in [0.5, 0.6) is 0 Å². The first-order valence-corrected chi connectivity index (χ1v) is 13.3. The minimum atomic E-state index is -0.505. The summed E-state index contributed by atoms with van der Waals surface area (Å²) in [5.41, 5.74) is 4.01. The molecule has 2 amide bonds. The highest BCUT2D eigenvalue weighted by Gasteiger charge is 2.28. The van der Waals surface area contributed by atoms with Crippen LogP contribution in [0.3, 0.4) is 0 Å². The summed E-state index contributed by atoms with van der Waals surface area (Å²) in [6, 6.07) is 26.3. The molecule has 41 heavy (non-hydrogen) atoms. The fourth-order valence-electron chi connectivity index (χ4n) is 5.09. The summed E-state index contributed by atoms with van der Waals surface area (Å²) in [4.78, 5) is 29.5. The number of hydrogen-bond acceptors (Lipinski definition) is 5. The topological polar surface area (TPSA) is 73.9 Å². The highest BCUT2D eigenvalue weighted by atomic mass is 19.1. The second-order valence-corrected chi connectivity index (χ2v) is 9.70. The molecule has 0 bridgehead atoms. The summed E-state index contributed by atoms with van der Waals surface area (Å²) in [5, 5.41) is 5.69. The van der Waals surface area contributed by atoms with Crippen molar-refractivity contribution in [1.29, 1.82) is 0 Å². The molecule has 4 aromatic rings. The summed E-state index contributed by atoms with van der Waals surface area (Å²) in [6.45, 7) is 2.53. The van der Waals surface area contributed by atoms with E-state index in [-0.39, 0.29) is 17.7 Å². The van der Waals surface area contributed by atoms with Crippen LogP contribution in [0.4, 0.5) is 30.6 Å². The number of esters is 1. The van der Waals surface area contributed by atoms with Crippen LogP contribution >= 0.6 is 0 Å². The lowest BCUT2D eigenvalue weighted by Crippen LogP contribution is -2.48. The van der Waals surface area contributed by atoms with E-state index >= 15 is 0 Å². The number of amides is 2. The Balaban J connectivity index is 1.37. The van der Waals surface area contributed by atoms with E-state index in [1.165, 1.54) is 31.4 Å². The number of urea groups is 1. The minimum absolute atomic E-state index is 0.186. The standard InChI is InChI=1S/C32H30F2N4O3/c1-41-31(39)24-11-16-29(28(21-24)36-32(40)35-27-5-3-2-4-6-27)37-17-19-38(20-18-37)30(22-7-12-25(33)13-8-22)23-9-14-26(34)15-10-23/h2-16,21,30H,17-20H2,1H3,(H2,35,36,40). The zero-order chi connectivity index (χ0) is 28.8. The first kappa shape index (κ1) is 27.8. The molecule has 0 aliphatic carbocycles. The van der Waals surface area contributed by atoms with Crippen LogP contribution in [0.2, 0.25) is 0 Å². The zero-order valence-electron chi connectivity index (χ0n) is 22.5. The van der Waals surface area contributed by atoms with Gasteiger partial charge in [-0.3, -0.25) is 4.90 Å². The number of hydrogen-bond donors (Lipinski definition) is 2. The predicted molar refractivity (Wildman–Crippen MR) is 155 cm³/mol. The molecule has 5 rings (SSSR count). The maximum atomic E-state index is 13.7. The van der Waals surface area contributed by atoms with Crippen molar-refractivity contribution in [1.82, 2.24) is 4.90 Å². The lowest BCUT2D eigenvalue weighted by Gasteiger charge is -2.41. The number of halogens is 2. The van der Waals surface area contributed by atoms with E-state index in [1.807, 2.05) is 18.2 Å². The van der Waals surface area contributed by atoms with Crippen LogP contribution in [0.15, 0.2) is 97.1 Å². The summed E-state index contributed by atoms with van der Waals surface area (Å²) < 4.78 is 32.3. The molecule has 9 heteroatoms. The molecule has 0 radical (unpaired) electrons. The number of carbonyl (C=O) groups excluding carboxylic acids is 2. The number of methoxy groups -OCH3 is 1. The highest BCUT2D eigenvalue weighted by molar-refractivity contribution is 6.03. The third-order valence-corrected chi connectivity index (χ3v) is 7.09. The van der Waals surface area contributed by atoms with Crippen LogP contribution in [0.1, 0.15) is 27.5 Å². The van der Waals surface area contributed by atoms with Gasteiger partial charge < -0.3 is 20.3 Å². The van der Waals surface area contributed by atoms with Gasteiger partial charge in [0, 0.05) is 31.9 Å².